The maximum absolute atomic E-state index is 14.0. The van der Waals surface area contributed by atoms with Crippen molar-refractivity contribution in [3.63, 3.8) is 0 Å². The Hall–Kier alpha value is -3.85. The van der Waals surface area contributed by atoms with E-state index in [-0.39, 0.29) is 18.3 Å². The number of ether oxygens (including phenoxy) is 4. The van der Waals surface area contributed by atoms with E-state index in [1.807, 2.05) is 56.3 Å². The lowest BCUT2D eigenvalue weighted by Gasteiger charge is -2.26. The van der Waals surface area contributed by atoms with Gasteiger partial charge in [0, 0.05) is 5.56 Å². The van der Waals surface area contributed by atoms with Gasteiger partial charge in [0.1, 0.15) is 11.8 Å². The number of thiazole rings is 1. The molecule has 0 aliphatic carbocycles. The minimum Gasteiger partial charge on any atom is -0.493 e. The van der Waals surface area contributed by atoms with Crippen LogP contribution in [-0.2, 0) is 9.53 Å². The number of rotatable bonds is 10. The lowest BCUT2D eigenvalue weighted by Crippen LogP contribution is -2.40. The third-order valence-electron chi connectivity index (χ3n) is 6.15. The Bertz CT molecular complexity index is 1600. The van der Waals surface area contributed by atoms with Gasteiger partial charge >= 0.3 is 5.97 Å². The van der Waals surface area contributed by atoms with Crippen molar-refractivity contribution in [3.05, 3.63) is 84.5 Å². The SMILES string of the molecule is CCOC(=O)C1=C(C)N=c2s/c(=C\c3ccc(OCC(C)C)c(OC)c3)c(=O)n2[C@H]1c1ccccc1OC(C)C. The maximum Gasteiger partial charge on any atom is 0.338 e. The molecule has 1 aliphatic rings. The van der Waals surface area contributed by atoms with Gasteiger partial charge in [-0.1, -0.05) is 49.4 Å². The molecule has 0 saturated carbocycles. The number of carbonyl (C=O) groups excluding carboxylic acids is 1. The molecule has 0 unspecified atom stereocenters. The molecule has 0 amide bonds. The van der Waals surface area contributed by atoms with Gasteiger partial charge in [-0.05, 0) is 63.5 Å². The van der Waals surface area contributed by atoms with E-state index < -0.39 is 12.0 Å². The number of benzene rings is 2. The molecule has 0 bridgehead atoms. The molecule has 0 spiro atoms. The monoisotopic (exact) mass is 564 g/mol. The van der Waals surface area contributed by atoms with Gasteiger partial charge in [0.25, 0.3) is 5.56 Å². The minimum absolute atomic E-state index is 0.101. The molecule has 0 N–H and O–H groups in total. The lowest BCUT2D eigenvalue weighted by molar-refractivity contribution is -0.139. The summed E-state index contributed by atoms with van der Waals surface area (Å²) in [5, 5.41) is 0. The van der Waals surface area contributed by atoms with Gasteiger partial charge in [-0.3, -0.25) is 9.36 Å². The Morgan fingerprint density at radius 3 is 2.52 bits per heavy atom. The zero-order valence-corrected chi connectivity index (χ0v) is 24.8. The Balaban J connectivity index is 1.88. The van der Waals surface area contributed by atoms with Gasteiger partial charge < -0.3 is 18.9 Å². The molecule has 1 aliphatic heterocycles. The first kappa shape index (κ1) is 29.1. The average molecular weight is 565 g/mol. The van der Waals surface area contributed by atoms with E-state index in [2.05, 4.69) is 18.8 Å². The summed E-state index contributed by atoms with van der Waals surface area (Å²) in [6, 6.07) is 12.3. The van der Waals surface area contributed by atoms with Crippen molar-refractivity contribution >= 4 is 23.4 Å². The Morgan fingerprint density at radius 2 is 1.85 bits per heavy atom. The average Bonchev–Trinajstić information content (AvgIpc) is 3.21. The highest BCUT2D eigenvalue weighted by molar-refractivity contribution is 7.07. The van der Waals surface area contributed by atoms with Gasteiger partial charge in [-0.15, -0.1) is 0 Å². The second kappa shape index (κ2) is 12.6. The number of hydrogen-bond donors (Lipinski definition) is 0. The molecule has 0 saturated heterocycles. The fourth-order valence-electron chi connectivity index (χ4n) is 4.45. The van der Waals surface area contributed by atoms with Gasteiger partial charge in [-0.25, -0.2) is 9.79 Å². The van der Waals surface area contributed by atoms with Crippen LogP contribution in [-0.4, -0.2) is 37.0 Å². The number of methoxy groups -OCH3 is 1. The van der Waals surface area contributed by atoms with E-state index in [1.165, 1.54) is 11.3 Å². The Kier molecular flexibility index (Phi) is 9.14. The van der Waals surface area contributed by atoms with Crippen molar-refractivity contribution in [2.75, 3.05) is 20.3 Å². The van der Waals surface area contributed by atoms with E-state index in [1.54, 1.807) is 31.6 Å². The number of esters is 1. The highest BCUT2D eigenvalue weighted by Crippen LogP contribution is 2.36. The first-order valence-corrected chi connectivity index (χ1v) is 14.2. The van der Waals surface area contributed by atoms with E-state index in [0.29, 0.717) is 55.9 Å². The number of nitrogens with zero attached hydrogens (tertiary/aromatic N) is 2. The molecule has 0 fully saturated rings. The van der Waals surface area contributed by atoms with Crippen molar-refractivity contribution < 1.29 is 23.7 Å². The van der Waals surface area contributed by atoms with E-state index in [4.69, 9.17) is 18.9 Å². The summed E-state index contributed by atoms with van der Waals surface area (Å²) in [6.45, 7) is 12.3. The van der Waals surface area contributed by atoms with Crippen LogP contribution < -0.4 is 29.1 Å². The van der Waals surface area contributed by atoms with E-state index in [9.17, 15) is 9.59 Å². The molecule has 2 heterocycles. The molecule has 3 aromatic rings. The minimum atomic E-state index is -0.756. The Labute approximate surface area is 238 Å². The van der Waals surface area contributed by atoms with E-state index in [0.717, 1.165) is 5.56 Å². The van der Waals surface area contributed by atoms with Crippen molar-refractivity contribution in [1.82, 2.24) is 4.57 Å². The summed E-state index contributed by atoms with van der Waals surface area (Å²) >= 11 is 1.27. The van der Waals surface area contributed by atoms with Crippen LogP contribution in [0.25, 0.3) is 6.08 Å². The van der Waals surface area contributed by atoms with Crippen LogP contribution in [0.1, 0.15) is 58.7 Å². The van der Waals surface area contributed by atoms with Crippen LogP contribution in [0.15, 0.2) is 63.5 Å². The van der Waals surface area contributed by atoms with Crippen molar-refractivity contribution in [1.29, 1.82) is 0 Å². The lowest BCUT2D eigenvalue weighted by atomic mass is 9.95. The quantitative estimate of drug-likeness (QED) is 0.334. The number of carbonyl (C=O) groups is 1. The second-order valence-electron chi connectivity index (χ2n) is 10.1. The number of hydrogen-bond acceptors (Lipinski definition) is 8. The zero-order chi connectivity index (χ0) is 29.0. The standard InChI is InChI=1S/C31H36N2O6S/c1-8-37-30(35)27-20(6)32-31-33(28(27)22-11-9-10-12-23(22)39-19(4)5)29(34)26(40-31)16-21-13-14-24(25(15-21)36-7)38-17-18(2)3/h9-16,18-19,28H,8,17H2,1-7H3/b26-16-/t28-/m0/s1. The summed E-state index contributed by atoms with van der Waals surface area (Å²) in [7, 11) is 1.59. The van der Waals surface area contributed by atoms with E-state index >= 15 is 0 Å². The summed E-state index contributed by atoms with van der Waals surface area (Å²) in [5.74, 6) is 1.68. The van der Waals surface area contributed by atoms with Crippen LogP contribution in [0.4, 0.5) is 0 Å². The molecular weight excluding hydrogens is 528 g/mol. The summed E-state index contributed by atoms with van der Waals surface area (Å²) in [4.78, 5) is 32.4. The van der Waals surface area contributed by atoms with Crippen LogP contribution in [0, 0.1) is 5.92 Å². The smallest absolute Gasteiger partial charge is 0.338 e. The Morgan fingerprint density at radius 1 is 1.10 bits per heavy atom. The fourth-order valence-corrected chi connectivity index (χ4v) is 5.50. The first-order chi connectivity index (χ1) is 19.1. The number of para-hydroxylation sites is 1. The number of fused-ring (bicyclic) bond motifs is 1. The molecule has 1 aromatic heterocycles. The van der Waals surface area contributed by atoms with Crippen LogP contribution in [0.3, 0.4) is 0 Å². The molecule has 2 aromatic carbocycles. The maximum atomic E-state index is 14.0. The van der Waals surface area contributed by atoms with Crippen LogP contribution >= 0.6 is 11.3 Å². The predicted molar refractivity (Wildman–Crippen MR) is 156 cm³/mol. The third kappa shape index (κ3) is 6.14. The molecule has 9 heteroatoms. The predicted octanol–water partition coefficient (Wildman–Crippen LogP) is 4.63. The topological polar surface area (TPSA) is 88.4 Å². The summed E-state index contributed by atoms with van der Waals surface area (Å²) < 4.78 is 25.0. The van der Waals surface area contributed by atoms with Crippen molar-refractivity contribution in [2.45, 2.75) is 53.7 Å². The zero-order valence-electron chi connectivity index (χ0n) is 24.0. The van der Waals surface area contributed by atoms with Gasteiger partial charge in [-0.2, -0.15) is 0 Å². The highest BCUT2D eigenvalue weighted by atomic mass is 32.1. The second-order valence-corrected chi connectivity index (χ2v) is 11.1. The summed E-state index contributed by atoms with van der Waals surface area (Å²) in [6.07, 6.45) is 1.70. The molecule has 4 rings (SSSR count). The normalized spacial score (nSPS) is 15.2. The third-order valence-corrected chi connectivity index (χ3v) is 7.13. The van der Waals surface area contributed by atoms with Crippen molar-refractivity contribution in [2.24, 2.45) is 10.9 Å². The van der Waals surface area contributed by atoms with Crippen molar-refractivity contribution in [3.8, 4) is 17.2 Å². The largest absolute Gasteiger partial charge is 0.493 e. The first-order valence-electron chi connectivity index (χ1n) is 13.4. The van der Waals surface area contributed by atoms with Crippen LogP contribution in [0.5, 0.6) is 17.2 Å². The van der Waals surface area contributed by atoms with Gasteiger partial charge in [0.15, 0.2) is 16.3 Å². The summed E-state index contributed by atoms with van der Waals surface area (Å²) in [5.41, 5.74) is 2.02. The molecule has 8 nitrogen and oxygen atoms in total. The molecule has 40 heavy (non-hydrogen) atoms. The molecule has 0 radical (unpaired) electrons. The highest BCUT2D eigenvalue weighted by Gasteiger charge is 2.35. The van der Waals surface area contributed by atoms with Crippen LogP contribution in [0.2, 0.25) is 0 Å². The van der Waals surface area contributed by atoms with Gasteiger partial charge in [0.2, 0.25) is 0 Å². The molecule has 212 valence electrons. The number of aromatic nitrogens is 1. The number of allylic oxidation sites excluding steroid dienone is 1. The fraction of sp³-hybridized carbons (Fsp3) is 0.387. The molecule has 1 atom stereocenters. The van der Waals surface area contributed by atoms with Gasteiger partial charge in [0.05, 0.1) is 42.2 Å². The molecular formula is C31H36N2O6S.